The van der Waals surface area contributed by atoms with Gasteiger partial charge >= 0.3 is 5.97 Å². The van der Waals surface area contributed by atoms with E-state index in [2.05, 4.69) is 5.32 Å². The average molecular weight is 249 g/mol. The molecule has 0 bridgehead atoms. The number of nitrogens with one attached hydrogen (secondary N) is 1. The molecule has 0 fully saturated rings. The van der Waals surface area contributed by atoms with Crippen LogP contribution in [0.1, 0.15) is 21.7 Å². The van der Waals surface area contributed by atoms with E-state index in [0.717, 1.165) is 5.56 Å². The molecule has 0 atom stereocenters. The molecular formula is C13H12FNO3. The maximum Gasteiger partial charge on any atom is 0.339 e. The number of para-hydroxylation sites is 1. The molecular weight excluding hydrogens is 237 g/mol. The van der Waals surface area contributed by atoms with Gasteiger partial charge in [-0.2, -0.15) is 0 Å². The van der Waals surface area contributed by atoms with Crippen LogP contribution in [0.15, 0.2) is 34.9 Å². The molecule has 2 aromatic rings. The summed E-state index contributed by atoms with van der Waals surface area (Å²) in [6.45, 7) is 1.89. The first kappa shape index (κ1) is 12.2. The van der Waals surface area contributed by atoms with Crippen molar-refractivity contribution in [3.8, 4) is 0 Å². The predicted molar refractivity (Wildman–Crippen MR) is 64.1 cm³/mol. The monoisotopic (exact) mass is 249 g/mol. The number of anilines is 1. The molecule has 0 aliphatic rings. The van der Waals surface area contributed by atoms with Crippen LogP contribution in [-0.2, 0) is 6.54 Å². The third-order valence-corrected chi connectivity index (χ3v) is 2.62. The molecule has 0 aliphatic heterocycles. The van der Waals surface area contributed by atoms with Crippen molar-refractivity contribution in [2.75, 3.05) is 5.32 Å². The van der Waals surface area contributed by atoms with Crippen molar-refractivity contribution >= 4 is 11.7 Å². The molecule has 0 amide bonds. The van der Waals surface area contributed by atoms with Gasteiger partial charge in [0.1, 0.15) is 17.1 Å². The second-order valence-corrected chi connectivity index (χ2v) is 3.85. The lowest BCUT2D eigenvalue weighted by molar-refractivity contribution is 0.0694. The fraction of sp³-hybridized carbons (Fsp3) is 0.154. The first-order valence-electron chi connectivity index (χ1n) is 5.38. The smallest absolute Gasteiger partial charge is 0.339 e. The summed E-state index contributed by atoms with van der Waals surface area (Å²) in [6, 6.07) is 6.10. The van der Waals surface area contributed by atoms with E-state index < -0.39 is 5.97 Å². The summed E-state index contributed by atoms with van der Waals surface area (Å²) in [5, 5.41) is 11.7. The minimum absolute atomic E-state index is 0.0801. The Balaban J connectivity index is 2.17. The first-order chi connectivity index (χ1) is 8.59. The van der Waals surface area contributed by atoms with Crippen molar-refractivity contribution < 1.29 is 18.7 Å². The van der Waals surface area contributed by atoms with E-state index in [0.29, 0.717) is 5.69 Å². The highest BCUT2D eigenvalue weighted by Gasteiger charge is 2.14. The van der Waals surface area contributed by atoms with Gasteiger partial charge in [0.25, 0.3) is 0 Å². The maximum atomic E-state index is 13.5. The van der Waals surface area contributed by atoms with Crippen LogP contribution in [0.25, 0.3) is 0 Å². The number of hydrogen-bond donors (Lipinski definition) is 2. The Hall–Kier alpha value is -2.30. The van der Waals surface area contributed by atoms with Gasteiger partial charge in [0, 0.05) is 0 Å². The van der Waals surface area contributed by atoms with Crippen LogP contribution < -0.4 is 5.32 Å². The first-order valence-corrected chi connectivity index (χ1v) is 5.38. The molecule has 0 saturated carbocycles. The lowest BCUT2D eigenvalue weighted by Gasteiger charge is -2.09. The topological polar surface area (TPSA) is 62.5 Å². The normalized spacial score (nSPS) is 10.3. The van der Waals surface area contributed by atoms with Crippen molar-refractivity contribution in [1.29, 1.82) is 0 Å². The molecule has 1 heterocycles. The number of aromatic carboxylic acids is 1. The Morgan fingerprint density at radius 1 is 1.44 bits per heavy atom. The summed E-state index contributed by atoms with van der Waals surface area (Å²) in [4.78, 5) is 10.9. The highest BCUT2D eigenvalue weighted by atomic mass is 19.1. The Kier molecular flexibility index (Phi) is 3.32. The molecule has 18 heavy (non-hydrogen) atoms. The highest BCUT2D eigenvalue weighted by Crippen LogP contribution is 2.20. The van der Waals surface area contributed by atoms with E-state index in [1.807, 2.05) is 0 Å². The van der Waals surface area contributed by atoms with Gasteiger partial charge in [0.05, 0.1) is 18.5 Å². The van der Waals surface area contributed by atoms with Crippen LogP contribution in [0.4, 0.5) is 10.1 Å². The summed E-state index contributed by atoms with van der Waals surface area (Å²) in [7, 11) is 0. The van der Waals surface area contributed by atoms with E-state index in [-0.39, 0.29) is 23.7 Å². The average Bonchev–Trinajstić information content (AvgIpc) is 2.76. The number of hydrogen-bond acceptors (Lipinski definition) is 3. The third-order valence-electron chi connectivity index (χ3n) is 2.62. The molecule has 0 aliphatic carbocycles. The van der Waals surface area contributed by atoms with Crippen molar-refractivity contribution in [2.45, 2.75) is 13.5 Å². The lowest BCUT2D eigenvalue weighted by Crippen LogP contribution is -2.06. The van der Waals surface area contributed by atoms with Gasteiger partial charge in [-0.05, 0) is 24.6 Å². The zero-order chi connectivity index (χ0) is 13.1. The van der Waals surface area contributed by atoms with Crippen LogP contribution in [0.5, 0.6) is 0 Å². The number of furan rings is 1. The van der Waals surface area contributed by atoms with Gasteiger partial charge in [-0.1, -0.05) is 12.1 Å². The summed E-state index contributed by atoms with van der Waals surface area (Å²) < 4.78 is 18.6. The molecule has 0 radical (unpaired) electrons. The maximum absolute atomic E-state index is 13.5. The van der Waals surface area contributed by atoms with Gasteiger partial charge < -0.3 is 14.8 Å². The van der Waals surface area contributed by atoms with Gasteiger partial charge in [-0.25, -0.2) is 9.18 Å². The number of carbonyl (C=O) groups is 1. The molecule has 0 spiro atoms. The number of benzene rings is 1. The zero-order valence-electron chi connectivity index (χ0n) is 9.74. The lowest BCUT2D eigenvalue weighted by atomic mass is 10.2. The Morgan fingerprint density at radius 2 is 2.22 bits per heavy atom. The third kappa shape index (κ3) is 2.34. The second kappa shape index (κ2) is 4.91. The Bertz CT molecular complexity index is 557. The molecule has 1 aromatic carbocycles. The van der Waals surface area contributed by atoms with Crippen molar-refractivity contribution in [3.05, 3.63) is 53.2 Å². The summed E-state index contributed by atoms with van der Waals surface area (Å²) in [6.07, 6.45) is 1.30. The highest BCUT2D eigenvalue weighted by molar-refractivity contribution is 5.88. The van der Waals surface area contributed by atoms with Gasteiger partial charge in [-0.15, -0.1) is 0 Å². The molecule has 1 aromatic heterocycles. The van der Waals surface area contributed by atoms with Crippen molar-refractivity contribution in [1.82, 2.24) is 0 Å². The largest absolute Gasteiger partial charge is 0.478 e. The summed E-state index contributed by atoms with van der Waals surface area (Å²) in [5.41, 5.74) is 1.18. The molecule has 2 rings (SSSR count). The number of carboxylic acid groups (broad SMARTS) is 1. The number of aryl methyl sites for hydroxylation is 1. The van der Waals surface area contributed by atoms with E-state index >= 15 is 0 Å². The molecule has 2 N–H and O–H groups in total. The van der Waals surface area contributed by atoms with E-state index in [1.54, 1.807) is 19.1 Å². The Labute approximate surface area is 103 Å². The van der Waals surface area contributed by atoms with Gasteiger partial charge in [-0.3, -0.25) is 0 Å². The van der Waals surface area contributed by atoms with Crippen LogP contribution in [0.3, 0.4) is 0 Å². The van der Waals surface area contributed by atoms with Crippen molar-refractivity contribution in [2.24, 2.45) is 0 Å². The SMILES string of the molecule is Cc1cccc(F)c1NCc1occc1C(=O)O. The minimum atomic E-state index is -1.06. The standard InChI is InChI=1S/C13H12FNO3/c1-8-3-2-4-10(14)12(8)15-7-11-9(13(16)17)5-6-18-11/h2-6,15H,7H2,1H3,(H,16,17). The molecule has 0 saturated heterocycles. The fourth-order valence-electron chi connectivity index (χ4n) is 1.69. The summed E-state index contributed by atoms with van der Waals surface area (Å²) >= 11 is 0. The number of rotatable bonds is 4. The van der Waals surface area contributed by atoms with Gasteiger partial charge in [0.2, 0.25) is 0 Å². The Morgan fingerprint density at radius 3 is 2.89 bits per heavy atom. The summed E-state index contributed by atoms with van der Waals surface area (Å²) in [5.74, 6) is -1.17. The molecule has 4 nitrogen and oxygen atoms in total. The van der Waals surface area contributed by atoms with Crippen LogP contribution >= 0.6 is 0 Å². The van der Waals surface area contributed by atoms with Crippen molar-refractivity contribution in [3.63, 3.8) is 0 Å². The quantitative estimate of drug-likeness (QED) is 0.874. The van der Waals surface area contributed by atoms with E-state index in [9.17, 15) is 9.18 Å². The molecule has 5 heteroatoms. The molecule has 0 unspecified atom stereocenters. The van der Waals surface area contributed by atoms with E-state index in [1.165, 1.54) is 18.4 Å². The zero-order valence-corrected chi connectivity index (χ0v) is 9.74. The number of halogens is 1. The predicted octanol–water partition coefficient (Wildman–Crippen LogP) is 3.04. The van der Waals surface area contributed by atoms with E-state index in [4.69, 9.17) is 9.52 Å². The number of carboxylic acids is 1. The fourth-order valence-corrected chi connectivity index (χ4v) is 1.69. The molecule has 94 valence electrons. The van der Waals surface area contributed by atoms with Crippen LogP contribution in [-0.4, -0.2) is 11.1 Å². The second-order valence-electron chi connectivity index (χ2n) is 3.85. The van der Waals surface area contributed by atoms with Crippen LogP contribution in [0.2, 0.25) is 0 Å². The van der Waals surface area contributed by atoms with Crippen LogP contribution in [0, 0.1) is 12.7 Å². The minimum Gasteiger partial charge on any atom is -0.478 e. The van der Waals surface area contributed by atoms with Gasteiger partial charge in [0.15, 0.2) is 0 Å².